The fourth-order valence-electron chi connectivity index (χ4n) is 2.75. The van der Waals surface area contributed by atoms with Crippen LogP contribution >= 0.6 is 11.8 Å². The lowest BCUT2D eigenvalue weighted by molar-refractivity contribution is -0.180. The SMILES string of the molecule is CCC(=O)OC(C(=O)O)C1=CSC2[C@@H](OC)C(=O)N2C1C(=O)OC(C)(C)C. The quantitative estimate of drug-likeness (QED) is 0.512. The number of rotatable bonds is 6. The van der Waals surface area contributed by atoms with E-state index in [1.165, 1.54) is 24.3 Å². The van der Waals surface area contributed by atoms with Crippen LogP contribution in [0.15, 0.2) is 11.0 Å². The molecule has 1 saturated heterocycles. The molecule has 9 nitrogen and oxygen atoms in total. The second kappa shape index (κ2) is 7.89. The van der Waals surface area contributed by atoms with Gasteiger partial charge in [-0.05, 0) is 26.2 Å². The lowest BCUT2D eigenvalue weighted by Crippen LogP contribution is -2.71. The van der Waals surface area contributed by atoms with Crippen LogP contribution in [0.5, 0.6) is 0 Å². The van der Waals surface area contributed by atoms with Crippen LogP contribution in [0, 0.1) is 0 Å². The molecule has 0 bridgehead atoms. The molecule has 2 aliphatic rings. The van der Waals surface area contributed by atoms with Crippen molar-refractivity contribution in [2.45, 2.75) is 63.3 Å². The van der Waals surface area contributed by atoms with Crippen molar-refractivity contribution in [2.24, 2.45) is 0 Å². The fraction of sp³-hybridized carbons (Fsp3) is 0.647. The van der Waals surface area contributed by atoms with E-state index in [9.17, 15) is 24.3 Å². The second-order valence-corrected chi connectivity index (χ2v) is 8.03. The van der Waals surface area contributed by atoms with Gasteiger partial charge in [0, 0.05) is 19.1 Å². The summed E-state index contributed by atoms with van der Waals surface area (Å²) in [6, 6.07) is -1.31. The zero-order chi connectivity index (χ0) is 20.5. The molecule has 0 aromatic heterocycles. The van der Waals surface area contributed by atoms with Gasteiger partial charge in [-0.2, -0.15) is 0 Å². The normalized spacial score (nSPS) is 25.7. The molecule has 27 heavy (non-hydrogen) atoms. The van der Waals surface area contributed by atoms with Crippen LogP contribution in [0.25, 0.3) is 0 Å². The van der Waals surface area contributed by atoms with E-state index in [1.54, 1.807) is 20.8 Å². The number of ether oxygens (including phenoxy) is 3. The van der Waals surface area contributed by atoms with Crippen molar-refractivity contribution in [3.8, 4) is 0 Å². The van der Waals surface area contributed by atoms with Gasteiger partial charge >= 0.3 is 17.9 Å². The highest BCUT2D eigenvalue weighted by molar-refractivity contribution is 8.02. The van der Waals surface area contributed by atoms with Gasteiger partial charge < -0.3 is 24.2 Å². The van der Waals surface area contributed by atoms with Crippen LogP contribution in [-0.2, 0) is 33.4 Å². The Morgan fingerprint density at radius 1 is 1.33 bits per heavy atom. The molecule has 10 heteroatoms. The topological polar surface area (TPSA) is 119 Å². The predicted molar refractivity (Wildman–Crippen MR) is 94.5 cm³/mol. The maximum absolute atomic E-state index is 12.8. The zero-order valence-electron chi connectivity index (χ0n) is 15.8. The Labute approximate surface area is 161 Å². The second-order valence-electron chi connectivity index (χ2n) is 7.04. The minimum atomic E-state index is -1.70. The van der Waals surface area contributed by atoms with Crippen molar-refractivity contribution in [2.75, 3.05) is 7.11 Å². The number of amides is 1. The van der Waals surface area contributed by atoms with Crippen molar-refractivity contribution in [3.63, 3.8) is 0 Å². The number of hydrogen-bond donors (Lipinski definition) is 1. The molecule has 2 rings (SSSR count). The number of esters is 2. The fourth-order valence-corrected chi connectivity index (χ4v) is 4.02. The number of aliphatic carboxylic acids is 1. The van der Waals surface area contributed by atoms with E-state index in [-0.39, 0.29) is 12.0 Å². The molecule has 3 unspecified atom stereocenters. The van der Waals surface area contributed by atoms with Gasteiger partial charge in [0.25, 0.3) is 5.91 Å². The van der Waals surface area contributed by atoms with E-state index in [4.69, 9.17) is 14.2 Å². The lowest BCUT2D eigenvalue weighted by Gasteiger charge is -2.51. The first-order valence-electron chi connectivity index (χ1n) is 8.37. The summed E-state index contributed by atoms with van der Waals surface area (Å²) in [7, 11) is 1.38. The molecule has 0 spiro atoms. The monoisotopic (exact) mass is 401 g/mol. The van der Waals surface area contributed by atoms with Crippen LogP contribution in [0.1, 0.15) is 34.1 Å². The first-order valence-corrected chi connectivity index (χ1v) is 9.31. The minimum Gasteiger partial charge on any atom is -0.478 e. The molecule has 1 amide bonds. The number of carboxylic acids is 1. The van der Waals surface area contributed by atoms with Crippen LogP contribution in [0.4, 0.5) is 0 Å². The summed E-state index contributed by atoms with van der Waals surface area (Å²) in [5, 5.41) is 10.5. The summed E-state index contributed by atoms with van der Waals surface area (Å²) in [5.41, 5.74) is -0.877. The summed E-state index contributed by atoms with van der Waals surface area (Å²) in [6.07, 6.45) is -2.46. The smallest absolute Gasteiger partial charge is 0.349 e. The maximum atomic E-state index is 12.8. The van der Waals surface area contributed by atoms with Crippen LogP contribution in [0.3, 0.4) is 0 Å². The number of carbonyl (C=O) groups excluding carboxylic acids is 3. The summed E-state index contributed by atoms with van der Waals surface area (Å²) < 4.78 is 15.5. The number of fused-ring (bicyclic) bond motifs is 1. The summed E-state index contributed by atoms with van der Waals surface area (Å²) >= 11 is 1.13. The van der Waals surface area contributed by atoms with Crippen LogP contribution < -0.4 is 0 Å². The Balaban J connectivity index is 2.42. The number of thioether (sulfide) groups is 1. The molecule has 0 saturated carbocycles. The first kappa shape index (κ1) is 21.2. The number of carboxylic acid groups (broad SMARTS) is 1. The molecular weight excluding hydrogens is 378 g/mol. The van der Waals surface area contributed by atoms with E-state index in [2.05, 4.69) is 0 Å². The molecule has 2 aliphatic heterocycles. The minimum absolute atomic E-state index is 0.0253. The number of carbonyl (C=O) groups is 4. The summed E-state index contributed by atoms with van der Waals surface area (Å²) in [6.45, 7) is 6.50. The lowest BCUT2D eigenvalue weighted by atomic mass is 9.95. The van der Waals surface area contributed by atoms with Gasteiger partial charge in [-0.1, -0.05) is 6.92 Å². The number of nitrogens with zero attached hydrogens (tertiary/aromatic N) is 1. The molecule has 0 radical (unpaired) electrons. The van der Waals surface area contributed by atoms with E-state index < -0.39 is 53.0 Å². The average molecular weight is 401 g/mol. The van der Waals surface area contributed by atoms with Gasteiger partial charge in [0.2, 0.25) is 6.10 Å². The highest BCUT2D eigenvalue weighted by Crippen LogP contribution is 2.43. The molecule has 2 heterocycles. The van der Waals surface area contributed by atoms with E-state index in [0.717, 1.165) is 11.8 Å². The van der Waals surface area contributed by atoms with Gasteiger partial charge in [-0.15, -0.1) is 11.8 Å². The van der Waals surface area contributed by atoms with E-state index >= 15 is 0 Å². The molecule has 0 aliphatic carbocycles. The van der Waals surface area contributed by atoms with Crippen LogP contribution in [-0.4, -0.2) is 70.2 Å². The summed E-state index contributed by atoms with van der Waals surface area (Å²) in [4.78, 5) is 49.8. The predicted octanol–water partition coefficient (Wildman–Crippen LogP) is 0.917. The molecular formula is C17H23NO8S. The van der Waals surface area contributed by atoms with Crippen molar-refractivity contribution in [3.05, 3.63) is 11.0 Å². The Kier molecular flexibility index (Phi) is 6.21. The summed E-state index contributed by atoms with van der Waals surface area (Å²) in [5.74, 6) is -3.42. The third-order valence-electron chi connectivity index (χ3n) is 3.92. The van der Waals surface area contributed by atoms with Crippen molar-refractivity contribution in [1.82, 2.24) is 4.90 Å². The van der Waals surface area contributed by atoms with E-state index in [1.807, 2.05) is 0 Å². The Morgan fingerprint density at radius 3 is 2.44 bits per heavy atom. The number of β-lactam (4-membered cyclic amide) rings is 1. The largest absolute Gasteiger partial charge is 0.478 e. The standard InChI is InChI=1S/C17H23NO8S/c1-6-9(19)25-11(15(21)22)8-7-27-14-12(24-5)13(20)18(14)10(8)16(23)26-17(2,3)4/h7,10-12,14H,6H2,1-5H3,(H,21,22)/t10?,11?,12-,14?/m0/s1. The zero-order valence-corrected chi connectivity index (χ0v) is 16.6. The Hall–Kier alpha value is -2.07. The van der Waals surface area contributed by atoms with Crippen molar-refractivity contribution >= 4 is 35.6 Å². The van der Waals surface area contributed by atoms with Gasteiger partial charge in [-0.3, -0.25) is 9.59 Å². The van der Waals surface area contributed by atoms with Crippen LogP contribution in [0.2, 0.25) is 0 Å². The number of hydrogen-bond acceptors (Lipinski definition) is 8. The Morgan fingerprint density at radius 2 is 1.96 bits per heavy atom. The maximum Gasteiger partial charge on any atom is 0.349 e. The molecule has 1 fully saturated rings. The van der Waals surface area contributed by atoms with Gasteiger partial charge in [0.15, 0.2) is 12.1 Å². The van der Waals surface area contributed by atoms with Gasteiger partial charge in [0.1, 0.15) is 11.0 Å². The molecule has 150 valence electrons. The highest BCUT2D eigenvalue weighted by atomic mass is 32.2. The average Bonchev–Trinajstić information content (AvgIpc) is 2.56. The van der Waals surface area contributed by atoms with Gasteiger partial charge in [0.05, 0.1) is 0 Å². The Bertz CT molecular complexity index is 683. The third-order valence-corrected chi connectivity index (χ3v) is 5.08. The first-order chi connectivity index (χ1) is 12.5. The van der Waals surface area contributed by atoms with E-state index in [0.29, 0.717) is 0 Å². The van der Waals surface area contributed by atoms with Gasteiger partial charge in [-0.25, -0.2) is 9.59 Å². The highest BCUT2D eigenvalue weighted by Gasteiger charge is 2.58. The molecule has 0 aromatic carbocycles. The molecule has 0 aromatic rings. The van der Waals surface area contributed by atoms with Crippen molar-refractivity contribution < 1.29 is 38.5 Å². The molecule has 4 atom stereocenters. The number of methoxy groups -OCH3 is 1. The van der Waals surface area contributed by atoms with Crippen molar-refractivity contribution in [1.29, 1.82) is 0 Å². The third kappa shape index (κ3) is 4.27. The molecule has 1 N–H and O–H groups in total.